The summed E-state index contributed by atoms with van der Waals surface area (Å²) in [5.41, 5.74) is 0.964. The second-order valence-corrected chi connectivity index (χ2v) is 8.08. The molecule has 1 aromatic carbocycles. The summed E-state index contributed by atoms with van der Waals surface area (Å²) >= 11 is 3.51. The Morgan fingerprint density at radius 1 is 1.26 bits per heavy atom. The number of guanidine groups is 1. The topological polar surface area (TPSA) is 80.9 Å². The quantitative estimate of drug-likeness (QED) is 0.548. The molecule has 0 radical (unpaired) electrons. The van der Waals surface area contributed by atoms with Crippen molar-refractivity contribution in [2.75, 3.05) is 13.3 Å². The van der Waals surface area contributed by atoms with Crippen LogP contribution in [-0.2, 0) is 18.5 Å². The molecule has 0 amide bonds. The van der Waals surface area contributed by atoms with Gasteiger partial charge in [-0.3, -0.25) is 0 Å². The Kier molecular flexibility index (Phi) is 5.94. The first-order chi connectivity index (χ1) is 12.9. The molecular weight excluding hydrogens is 412 g/mol. The van der Waals surface area contributed by atoms with Gasteiger partial charge < -0.3 is 24.5 Å². The van der Waals surface area contributed by atoms with Gasteiger partial charge in [-0.2, -0.15) is 0 Å². The van der Waals surface area contributed by atoms with Gasteiger partial charge in [-0.25, -0.2) is 9.98 Å². The number of aliphatic imine (C=N–C) groups is 1. The van der Waals surface area contributed by atoms with Gasteiger partial charge in [0.05, 0.1) is 23.8 Å². The summed E-state index contributed by atoms with van der Waals surface area (Å²) in [7, 11) is 0. The average molecular weight is 437 g/mol. The van der Waals surface area contributed by atoms with E-state index in [-0.39, 0.29) is 12.2 Å². The molecule has 0 fully saturated rings. The molecule has 8 heteroatoms. The standard InChI is InChI=1S/C19H25BrN4O3/c1-5-21-18(24-10-16-22-9-15(27-16)19(2,3)4)23-8-12-6-13(20)17-14(7-12)25-11-26-17/h6-7,9H,5,8,10-11H2,1-4H3,(H2,21,23,24). The maximum atomic E-state index is 5.81. The molecule has 7 nitrogen and oxygen atoms in total. The van der Waals surface area contributed by atoms with Crippen LogP contribution in [-0.4, -0.2) is 24.3 Å². The van der Waals surface area contributed by atoms with Crippen molar-refractivity contribution < 1.29 is 13.9 Å². The summed E-state index contributed by atoms with van der Waals surface area (Å²) in [6.07, 6.45) is 1.78. The molecule has 146 valence electrons. The fraction of sp³-hybridized carbons (Fsp3) is 0.474. The number of aromatic nitrogens is 1. The predicted octanol–water partition coefficient (Wildman–Crippen LogP) is 3.72. The minimum absolute atomic E-state index is 0.0590. The van der Waals surface area contributed by atoms with Gasteiger partial charge >= 0.3 is 0 Å². The number of ether oxygens (including phenoxy) is 2. The summed E-state index contributed by atoms with van der Waals surface area (Å²) in [6, 6.07) is 3.94. The van der Waals surface area contributed by atoms with E-state index in [2.05, 4.69) is 57.3 Å². The number of fused-ring (bicyclic) bond motifs is 1. The van der Waals surface area contributed by atoms with E-state index in [1.807, 2.05) is 19.1 Å². The van der Waals surface area contributed by atoms with Gasteiger partial charge in [-0.05, 0) is 40.5 Å². The molecule has 0 saturated heterocycles. The summed E-state index contributed by atoms with van der Waals surface area (Å²) < 4.78 is 17.6. The van der Waals surface area contributed by atoms with Crippen LogP contribution >= 0.6 is 15.9 Å². The average Bonchev–Trinajstić information content (AvgIpc) is 3.26. The van der Waals surface area contributed by atoms with E-state index in [4.69, 9.17) is 13.9 Å². The van der Waals surface area contributed by atoms with E-state index < -0.39 is 0 Å². The van der Waals surface area contributed by atoms with Crippen molar-refractivity contribution >= 4 is 21.9 Å². The third kappa shape index (κ3) is 4.94. The van der Waals surface area contributed by atoms with Crippen molar-refractivity contribution in [3.05, 3.63) is 40.0 Å². The van der Waals surface area contributed by atoms with E-state index in [1.165, 1.54) is 0 Å². The SMILES string of the molecule is CCNC(=NCc1cc(Br)c2c(c1)OCO2)NCc1ncc(C(C)(C)C)o1. The van der Waals surface area contributed by atoms with Gasteiger partial charge in [0, 0.05) is 12.0 Å². The zero-order valence-electron chi connectivity index (χ0n) is 16.1. The first-order valence-corrected chi connectivity index (χ1v) is 9.71. The van der Waals surface area contributed by atoms with Crippen molar-refractivity contribution in [3.8, 4) is 11.5 Å². The molecule has 0 unspecified atom stereocenters. The molecule has 2 aromatic rings. The number of hydrogen-bond donors (Lipinski definition) is 2. The largest absolute Gasteiger partial charge is 0.454 e. The van der Waals surface area contributed by atoms with Crippen LogP contribution in [0.2, 0.25) is 0 Å². The smallest absolute Gasteiger partial charge is 0.231 e. The van der Waals surface area contributed by atoms with E-state index in [9.17, 15) is 0 Å². The normalized spacial score (nSPS) is 13.7. The number of nitrogens with one attached hydrogen (secondary N) is 2. The van der Waals surface area contributed by atoms with Gasteiger partial charge in [0.25, 0.3) is 0 Å². The summed E-state index contributed by atoms with van der Waals surface area (Å²) in [4.78, 5) is 8.96. The molecule has 1 aliphatic heterocycles. The Balaban J connectivity index is 1.65. The van der Waals surface area contributed by atoms with Crippen molar-refractivity contribution in [1.29, 1.82) is 0 Å². The Morgan fingerprint density at radius 3 is 2.78 bits per heavy atom. The zero-order chi connectivity index (χ0) is 19.4. The number of nitrogens with zero attached hydrogens (tertiary/aromatic N) is 2. The van der Waals surface area contributed by atoms with Gasteiger partial charge in [-0.1, -0.05) is 20.8 Å². The van der Waals surface area contributed by atoms with Crippen molar-refractivity contribution in [2.45, 2.75) is 46.2 Å². The molecule has 1 aliphatic rings. The first kappa shape index (κ1) is 19.5. The van der Waals surface area contributed by atoms with Gasteiger partial charge in [-0.15, -0.1) is 0 Å². The zero-order valence-corrected chi connectivity index (χ0v) is 17.6. The van der Waals surface area contributed by atoms with Crippen molar-refractivity contribution in [3.63, 3.8) is 0 Å². The third-order valence-corrected chi connectivity index (χ3v) is 4.54. The fourth-order valence-corrected chi connectivity index (χ4v) is 3.13. The fourth-order valence-electron chi connectivity index (χ4n) is 2.52. The van der Waals surface area contributed by atoms with Crippen LogP contribution in [0, 0.1) is 0 Å². The van der Waals surface area contributed by atoms with Crippen LogP contribution in [0.15, 0.2) is 32.2 Å². The van der Waals surface area contributed by atoms with E-state index >= 15 is 0 Å². The highest BCUT2D eigenvalue weighted by Gasteiger charge is 2.19. The Bertz CT molecular complexity index is 827. The monoisotopic (exact) mass is 436 g/mol. The van der Waals surface area contributed by atoms with Crippen LogP contribution in [0.1, 0.15) is 44.9 Å². The molecule has 0 saturated carbocycles. The van der Waals surface area contributed by atoms with E-state index in [1.54, 1.807) is 6.20 Å². The second-order valence-electron chi connectivity index (χ2n) is 7.23. The molecule has 1 aromatic heterocycles. The lowest BCUT2D eigenvalue weighted by atomic mass is 9.94. The highest BCUT2D eigenvalue weighted by atomic mass is 79.9. The molecule has 0 spiro atoms. The molecular formula is C19H25BrN4O3. The maximum absolute atomic E-state index is 5.81. The first-order valence-electron chi connectivity index (χ1n) is 8.92. The van der Waals surface area contributed by atoms with Crippen LogP contribution in [0.4, 0.5) is 0 Å². The second kappa shape index (κ2) is 8.21. The van der Waals surface area contributed by atoms with E-state index in [0.717, 1.165) is 33.8 Å². The molecule has 0 atom stereocenters. The van der Waals surface area contributed by atoms with E-state index in [0.29, 0.717) is 24.9 Å². The number of halogens is 1. The maximum Gasteiger partial charge on any atom is 0.231 e. The highest BCUT2D eigenvalue weighted by molar-refractivity contribution is 9.10. The van der Waals surface area contributed by atoms with Crippen molar-refractivity contribution in [1.82, 2.24) is 15.6 Å². The van der Waals surface area contributed by atoms with Crippen LogP contribution < -0.4 is 20.1 Å². The number of benzene rings is 1. The van der Waals surface area contributed by atoms with Crippen molar-refractivity contribution in [2.24, 2.45) is 4.99 Å². The molecule has 27 heavy (non-hydrogen) atoms. The van der Waals surface area contributed by atoms with Gasteiger partial charge in [0.15, 0.2) is 17.5 Å². The van der Waals surface area contributed by atoms with Gasteiger partial charge in [0.1, 0.15) is 5.76 Å². The summed E-state index contributed by atoms with van der Waals surface area (Å²) in [5.74, 6) is 3.68. The lowest BCUT2D eigenvalue weighted by molar-refractivity contribution is 0.173. The predicted molar refractivity (Wildman–Crippen MR) is 107 cm³/mol. The molecule has 3 rings (SSSR count). The number of rotatable bonds is 5. The molecule has 2 heterocycles. The minimum atomic E-state index is -0.0590. The Morgan fingerprint density at radius 2 is 2.07 bits per heavy atom. The van der Waals surface area contributed by atoms with Crippen LogP contribution in [0.5, 0.6) is 11.5 Å². The summed E-state index contributed by atoms with van der Waals surface area (Å²) in [5, 5.41) is 6.48. The van der Waals surface area contributed by atoms with Crippen LogP contribution in [0.25, 0.3) is 0 Å². The molecule has 2 N–H and O–H groups in total. The molecule has 0 bridgehead atoms. The third-order valence-electron chi connectivity index (χ3n) is 3.95. The lowest BCUT2D eigenvalue weighted by Gasteiger charge is -2.13. The molecule has 0 aliphatic carbocycles. The number of oxazole rings is 1. The van der Waals surface area contributed by atoms with Crippen LogP contribution in [0.3, 0.4) is 0 Å². The minimum Gasteiger partial charge on any atom is -0.454 e. The number of hydrogen-bond acceptors (Lipinski definition) is 5. The Labute approximate surface area is 167 Å². The lowest BCUT2D eigenvalue weighted by Crippen LogP contribution is -2.36. The highest BCUT2D eigenvalue weighted by Crippen LogP contribution is 2.40. The Hall–Kier alpha value is -2.22. The summed E-state index contributed by atoms with van der Waals surface area (Å²) in [6.45, 7) is 10.3. The van der Waals surface area contributed by atoms with Gasteiger partial charge in [0.2, 0.25) is 12.7 Å².